The van der Waals surface area contributed by atoms with Crippen LogP contribution in [-0.4, -0.2) is 63.6 Å². The fourth-order valence-electron chi connectivity index (χ4n) is 9.63. The van der Waals surface area contributed by atoms with E-state index in [1.54, 1.807) is 6.92 Å². The van der Waals surface area contributed by atoms with Crippen molar-refractivity contribution >= 4 is 17.7 Å². The van der Waals surface area contributed by atoms with Crippen LogP contribution >= 0.6 is 0 Å². The van der Waals surface area contributed by atoms with E-state index in [2.05, 4.69) is 6.92 Å². The highest BCUT2D eigenvalue weighted by Crippen LogP contribution is 2.76. The molecule has 0 radical (unpaired) electrons. The minimum Gasteiger partial charge on any atom is -0.458 e. The van der Waals surface area contributed by atoms with Crippen molar-refractivity contribution in [3.8, 4) is 0 Å². The van der Waals surface area contributed by atoms with E-state index >= 15 is 0 Å². The number of aliphatic hydroxyl groups is 3. The van der Waals surface area contributed by atoms with E-state index in [1.165, 1.54) is 71.1 Å². The largest absolute Gasteiger partial charge is 0.458 e. The van der Waals surface area contributed by atoms with E-state index in [4.69, 9.17) is 9.47 Å². The molecule has 8 nitrogen and oxygen atoms in total. The lowest BCUT2D eigenvalue weighted by atomic mass is 9.62. The lowest BCUT2D eigenvalue weighted by Gasteiger charge is -2.47. The average molecular weight is 645 g/mol. The SMILES string of the molecule is CCCCCCCCCCCCCCCC(=O)OC1C(C)C2C(C=C(CO)CC3(O)C(=O)C(C)=CC23)C2C(C)(CO)C12OC(C)=O. The van der Waals surface area contributed by atoms with Gasteiger partial charge in [0.15, 0.2) is 11.4 Å². The Balaban J connectivity index is 1.42. The second-order valence-electron chi connectivity index (χ2n) is 15.1. The highest BCUT2D eigenvalue weighted by atomic mass is 16.6. The van der Waals surface area contributed by atoms with Gasteiger partial charge in [0.05, 0.1) is 13.2 Å². The normalized spacial score (nSPS) is 36.1. The first-order valence-electron chi connectivity index (χ1n) is 18.2. The Morgan fingerprint density at radius 1 is 0.935 bits per heavy atom. The molecule has 4 aliphatic rings. The minimum atomic E-state index is -1.71. The zero-order chi connectivity index (χ0) is 33.7. The van der Waals surface area contributed by atoms with Gasteiger partial charge in [0, 0.05) is 42.9 Å². The van der Waals surface area contributed by atoms with E-state index in [0.717, 1.165) is 12.8 Å². The van der Waals surface area contributed by atoms with Crippen molar-refractivity contribution in [2.24, 2.45) is 35.0 Å². The first-order chi connectivity index (χ1) is 21.9. The smallest absolute Gasteiger partial charge is 0.306 e. The molecule has 9 unspecified atom stereocenters. The third-order valence-electron chi connectivity index (χ3n) is 12.0. The number of hydrogen-bond acceptors (Lipinski definition) is 8. The second kappa shape index (κ2) is 15.5. The number of carbonyl (C=O) groups is 3. The number of aliphatic hydroxyl groups excluding tert-OH is 2. The van der Waals surface area contributed by atoms with Gasteiger partial charge in [-0.1, -0.05) is 110 Å². The summed E-state index contributed by atoms with van der Waals surface area (Å²) in [4.78, 5) is 39.2. The summed E-state index contributed by atoms with van der Waals surface area (Å²) in [6.45, 7) is 8.45. The topological polar surface area (TPSA) is 130 Å². The van der Waals surface area contributed by atoms with Crippen LogP contribution in [0.15, 0.2) is 23.3 Å². The van der Waals surface area contributed by atoms with Crippen molar-refractivity contribution in [3.05, 3.63) is 23.3 Å². The molecule has 2 saturated carbocycles. The molecule has 0 aliphatic heterocycles. The minimum absolute atomic E-state index is 0.00713. The van der Waals surface area contributed by atoms with Crippen LogP contribution in [0.5, 0.6) is 0 Å². The Morgan fingerprint density at radius 3 is 2.02 bits per heavy atom. The van der Waals surface area contributed by atoms with Crippen LogP contribution < -0.4 is 0 Å². The molecule has 8 heteroatoms. The van der Waals surface area contributed by atoms with Gasteiger partial charge >= 0.3 is 11.9 Å². The van der Waals surface area contributed by atoms with Crippen LogP contribution in [0.1, 0.15) is 131 Å². The predicted octanol–water partition coefficient (Wildman–Crippen LogP) is 6.39. The molecule has 0 saturated heterocycles. The number of unbranched alkanes of at least 4 members (excludes halogenated alkanes) is 12. The van der Waals surface area contributed by atoms with Gasteiger partial charge in [-0.15, -0.1) is 0 Å². The van der Waals surface area contributed by atoms with E-state index < -0.39 is 46.4 Å². The van der Waals surface area contributed by atoms with Crippen molar-refractivity contribution in [1.82, 2.24) is 0 Å². The summed E-state index contributed by atoms with van der Waals surface area (Å²) in [5, 5.41) is 32.8. The number of ether oxygens (including phenoxy) is 2. The standard InChI is InChI=1S/C38H60O8/c1-6-7-8-9-10-11-12-13-14-15-16-17-18-19-31(42)45-35-26(3)32-29(33-36(5,24-40)38(33,35)46-27(4)41)21-28(23-39)22-37(44)30(32)20-25(2)34(37)43/h20-21,26,29-30,32-33,35,39-40,44H,6-19,22-24H2,1-5H3. The lowest BCUT2D eigenvalue weighted by molar-refractivity contribution is -0.194. The first kappa shape index (κ1) is 36.8. The number of esters is 2. The number of allylic oxidation sites excluding steroid dienone is 1. The maximum Gasteiger partial charge on any atom is 0.306 e. The Labute approximate surface area is 276 Å². The van der Waals surface area contributed by atoms with Crippen LogP contribution in [0.2, 0.25) is 0 Å². The van der Waals surface area contributed by atoms with Crippen molar-refractivity contribution < 1.29 is 39.2 Å². The molecule has 0 heterocycles. The van der Waals surface area contributed by atoms with Gasteiger partial charge in [0.25, 0.3) is 0 Å². The molecular weight excluding hydrogens is 584 g/mol. The fourth-order valence-corrected chi connectivity index (χ4v) is 9.63. The van der Waals surface area contributed by atoms with Crippen LogP contribution in [0.25, 0.3) is 0 Å². The van der Waals surface area contributed by atoms with Crippen LogP contribution in [0.4, 0.5) is 0 Å². The van der Waals surface area contributed by atoms with Gasteiger partial charge in [0.2, 0.25) is 0 Å². The van der Waals surface area contributed by atoms with Gasteiger partial charge in [-0.2, -0.15) is 0 Å². The monoisotopic (exact) mass is 644 g/mol. The van der Waals surface area contributed by atoms with Gasteiger partial charge in [0.1, 0.15) is 11.7 Å². The molecule has 0 amide bonds. The summed E-state index contributed by atoms with van der Waals surface area (Å²) in [6.07, 6.45) is 18.9. The van der Waals surface area contributed by atoms with E-state index in [-0.39, 0.29) is 49.6 Å². The highest BCUT2D eigenvalue weighted by Gasteiger charge is 2.86. The summed E-state index contributed by atoms with van der Waals surface area (Å²) in [5.74, 6) is -3.29. The molecule has 9 atom stereocenters. The van der Waals surface area contributed by atoms with Crippen LogP contribution in [0.3, 0.4) is 0 Å². The lowest BCUT2D eigenvalue weighted by Crippen LogP contribution is -2.56. The summed E-state index contributed by atoms with van der Waals surface area (Å²) < 4.78 is 12.3. The second-order valence-corrected chi connectivity index (χ2v) is 15.1. The average Bonchev–Trinajstić information content (AvgIpc) is 3.52. The Morgan fingerprint density at radius 2 is 1.50 bits per heavy atom. The Kier molecular flexibility index (Phi) is 12.4. The number of hydrogen-bond donors (Lipinski definition) is 3. The van der Waals surface area contributed by atoms with E-state index in [0.29, 0.717) is 17.6 Å². The zero-order valence-corrected chi connectivity index (χ0v) is 29.0. The predicted molar refractivity (Wildman–Crippen MR) is 177 cm³/mol. The Bertz CT molecular complexity index is 1160. The van der Waals surface area contributed by atoms with Gasteiger partial charge in [-0.25, -0.2) is 0 Å². The van der Waals surface area contributed by atoms with Crippen LogP contribution in [0, 0.1) is 35.0 Å². The van der Waals surface area contributed by atoms with Gasteiger partial charge < -0.3 is 24.8 Å². The van der Waals surface area contributed by atoms with Crippen molar-refractivity contribution in [1.29, 1.82) is 0 Å². The molecule has 3 N–H and O–H groups in total. The maximum atomic E-state index is 13.4. The van der Waals surface area contributed by atoms with Gasteiger partial charge in [-0.3, -0.25) is 14.4 Å². The fraction of sp³-hybridized carbons (Fsp3) is 0.816. The molecule has 4 rings (SSSR count). The molecule has 0 aromatic rings. The molecular formula is C38H60O8. The van der Waals surface area contributed by atoms with Crippen molar-refractivity contribution in [2.75, 3.05) is 13.2 Å². The molecule has 2 fully saturated rings. The Hall–Kier alpha value is -2.03. The quantitative estimate of drug-likeness (QED) is 0.0889. The van der Waals surface area contributed by atoms with E-state index in [9.17, 15) is 29.7 Å². The molecule has 46 heavy (non-hydrogen) atoms. The zero-order valence-electron chi connectivity index (χ0n) is 29.0. The summed E-state index contributed by atoms with van der Waals surface area (Å²) in [6, 6.07) is 0. The number of rotatable bonds is 18. The van der Waals surface area contributed by atoms with Gasteiger partial charge in [-0.05, 0) is 36.3 Å². The number of carbonyl (C=O) groups excluding carboxylic acids is 3. The summed E-state index contributed by atoms with van der Waals surface area (Å²) in [5.41, 5.74) is -2.84. The summed E-state index contributed by atoms with van der Waals surface area (Å²) >= 11 is 0. The number of ketones is 1. The highest BCUT2D eigenvalue weighted by molar-refractivity contribution is 6.04. The van der Waals surface area contributed by atoms with Crippen LogP contribution in [-0.2, 0) is 23.9 Å². The molecule has 0 aromatic carbocycles. The third-order valence-corrected chi connectivity index (χ3v) is 12.0. The third kappa shape index (κ3) is 6.91. The number of fused-ring (bicyclic) bond motifs is 5. The van der Waals surface area contributed by atoms with E-state index in [1.807, 2.05) is 26.0 Å². The molecule has 4 aliphatic carbocycles. The molecule has 0 spiro atoms. The number of Topliss-reactive ketones (excluding diaryl/α,β-unsaturated/α-hetero) is 1. The molecule has 0 bridgehead atoms. The van der Waals surface area contributed by atoms with Crippen molar-refractivity contribution in [3.63, 3.8) is 0 Å². The molecule has 260 valence electrons. The maximum absolute atomic E-state index is 13.4. The summed E-state index contributed by atoms with van der Waals surface area (Å²) in [7, 11) is 0. The molecule has 0 aromatic heterocycles. The first-order valence-corrected chi connectivity index (χ1v) is 18.2. The van der Waals surface area contributed by atoms with Crippen molar-refractivity contribution in [2.45, 2.75) is 148 Å².